The summed E-state index contributed by atoms with van der Waals surface area (Å²) in [7, 11) is 0. The lowest BCUT2D eigenvalue weighted by atomic mass is 9.99. The van der Waals surface area contributed by atoms with Gasteiger partial charge in [-0.05, 0) is 42.7 Å². The van der Waals surface area contributed by atoms with Crippen LogP contribution in [0.5, 0.6) is 0 Å². The van der Waals surface area contributed by atoms with E-state index in [9.17, 15) is 4.79 Å². The van der Waals surface area contributed by atoms with Gasteiger partial charge in [0.25, 0.3) is 0 Å². The van der Waals surface area contributed by atoms with Gasteiger partial charge in [0.05, 0.1) is 17.2 Å². The summed E-state index contributed by atoms with van der Waals surface area (Å²) in [5.41, 5.74) is 5.12. The van der Waals surface area contributed by atoms with Crippen molar-refractivity contribution in [1.82, 2.24) is 9.97 Å². The Kier molecular flexibility index (Phi) is 5.63. The van der Waals surface area contributed by atoms with Crippen LogP contribution in [0.15, 0.2) is 67.0 Å². The minimum absolute atomic E-state index is 0.241. The second-order valence-electron chi connectivity index (χ2n) is 6.73. The number of aromatic nitrogens is 2. The van der Waals surface area contributed by atoms with Gasteiger partial charge in [-0.25, -0.2) is 9.78 Å². The van der Waals surface area contributed by atoms with Crippen LogP contribution in [-0.4, -0.2) is 22.5 Å². The van der Waals surface area contributed by atoms with Crippen molar-refractivity contribution in [3.63, 3.8) is 0 Å². The summed E-state index contributed by atoms with van der Waals surface area (Å²) in [4.78, 5) is 21.0. The Morgan fingerprint density at radius 1 is 1.07 bits per heavy atom. The van der Waals surface area contributed by atoms with Gasteiger partial charge in [-0.1, -0.05) is 54.1 Å². The molecule has 0 atom stereocenters. The average molecular weight is 418 g/mol. The van der Waals surface area contributed by atoms with Gasteiger partial charge in [-0.15, -0.1) is 0 Å². The molecule has 0 saturated heterocycles. The Balaban J connectivity index is 1.75. The molecule has 30 heavy (non-hydrogen) atoms. The monoisotopic (exact) mass is 417 g/mol. The van der Waals surface area contributed by atoms with Crippen molar-refractivity contribution in [1.29, 1.82) is 0 Å². The van der Waals surface area contributed by atoms with E-state index in [4.69, 9.17) is 16.3 Å². The Morgan fingerprint density at radius 3 is 2.63 bits per heavy atom. The Labute approximate surface area is 179 Å². The number of halogens is 1. The molecule has 2 heterocycles. The van der Waals surface area contributed by atoms with Gasteiger partial charge in [0.2, 0.25) is 0 Å². The van der Waals surface area contributed by atoms with Crippen LogP contribution in [0.2, 0.25) is 5.02 Å². The van der Waals surface area contributed by atoms with Gasteiger partial charge in [-0.2, -0.15) is 0 Å². The third-order valence-corrected chi connectivity index (χ3v) is 5.29. The van der Waals surface area contributed by atoms with E-state index < -0.39 is 5.97 Å². The molecule has 150 valence electrons. The largest absolute Gasteiger partial charge is 0.462 e. The molecule has 0 saturated carbocycles. The van der Waals surface area contributed by atoms with Gasteiger partial charge < -0.3 is 10.1 Å². The first-order valence-corrected chi connectivity index (χ1v) is 10.00. The fraction of sp³-hybridized carbons (Fsp3) is 0.125. The molecule has 6 heteroatoms. The summed E-state index contributed by atoms with van der Waals surface area (Å²) in [5.74, 6) is 0.0766. The number of carbonyl (C=O) groups is 1. The molecule has 1 N–H and O–H groups in total. The summed E-state index contributed by atoms with van der Waals surface area (Å²) in [5, 5.41) is 4.32. The van der Waals surface area contributed by atoms with E-state index in [0.717, 1.165) is 22.4 Å². The molecule has 2 aromatic heterocycles. The molecule has 0 aliphatic rings. The van der Waals surface area contributed by atoms with Gasteiger partial charge in [0.1, 0.15) is 5.52 Å². The maximum Gasteiger partial charge on any atom is 0.341 e. The quantitative estimate of drug-likeness (QED) is 0.393. The van der Waals surface area contributed by atoms with Gasteiger partial charge >= 0.3 is 5.97 Å². The summed E-state index contributed by atoms with van der Waals surface area (Å²) >= 11 is 6.49. The van der Waals surface area contributed by atoms with Crippen molar-refractivity contribution in [2.75, 3.05) is 11.9 Å². The second-order valence-corrected chi connectivity index (χ2v) is 7.11. The molecule has 2 aromatic carbocycles. The summed E-state index contributed by atoms with van der Waals surface area (Å²) in [6.07, 6.45) is 3.08. The molecule has 4 aromatic rings. The van der Waals surface area contributed by atoms with Crippen LogP contribution >= 0.6 is 11.6 Å². The van der Waals surface area contributed by atoms with Crippen LogP contribution in [0.3, 0.4) is 0 Å². The van der Waals surface area contributed by atoms with E-state index >= 15 is 0 Å². The molecule has 0 amide bonds. The van der Waals surface area contributed by atoms with Crippen LogP contribution in [0, 0.1) is 6.92 Å². The van der Waals surface area contributed by atoms with Crippen LogP contribution in [0.4, 0.5) is 11.5 Å². The molecular formula is C24H20ClN3O2. The zero-order chi connectivity index (χ0) is 21.1. The number of pyridine rings is 2. The highest BCUT2D eigenvalue weighted by molar-refractivity contribution is 6.38. The Morgan fingerprint density at radius 2 is 1.87 bits per heavy atom. The molecule has 4 rings (SSSR count). The number of fused-ring (bicyclic) bond motifs is 1. The highest BCUT2D eigenvalue weighted by atomic mass is 35.5. The minimum Gasteiger partial charge on any atom is -0.462 e. The van der Waals surface area contributed by atoms with Gasteiger partial charge in [-0.3, -0.25) is 4.98 Å². The molecule has 5 nitrogen and oxygen atoms in total. The lowest BCUT2D eigenvalue weighted by Gasteiger charge is -2.15. The third kappa shape index (κ3) is 3.72. The van der Waals surface area contributed by atoms with E-state index in [1.807, 2.05) is 30.3 Å². The van der Waals surface area contributed by atoms with E-state index in [0.29, 0.717) is 21.7 Å². The number of ether oxygens (including phenoxy) is 1. The molecule has 0 unspecified atom stereocenters. The predicted molar refractivity (Wildman–Crippen MR) is 120 cm³/mol. The molecule has 0 aliphatic carbocycles. The van der Waals surface area contributed by atoms with E-state index in [1.165, 1.54) is 6.20 Å². The Bertz CT molecular complexity index is 1230. The van der Waals surface area contributed by atoms with E-state index in [-0.39, 0.29) is 12.2 Å². The van der Waals surface area contributed by atoms with Crippen LogP contribution in [-0.2, 0) is 4.74 Å². The van der Waals surface area contributed by atoms with Crippen molar-refractivity contribution < 1.29 is 9.53 Å². The van der Waals surface area contributed by atoms with Crippen molar-refractivity contribution in [2.24, 2.45) is 0 Å². The van der Waals surface area contributed by atoms with Gasteiger partial charge in [0, 0.05) is 23.5 Å². The average Bonchev–Trinajstić information content (AvgIpc) is 2.76. The molecule has 0 spiro atoms. The van der Waals surface area contributed by atoms with Crippen molar-refractivity contribution in [3.05, 3.63) is 83.1 Å². The number of benzene rings is 2. The normalized spacial score (nSPS) is 10.8. The zero-order valence-electron chi connectivity index (χ0n) is 16.6. The number of nitrogens with one attached hydrogen (secondary N) is 1. The molecule has 0 fully saturated rings. The molecular weight excluding hydrogens is 398 g/mol. The summed E-state index contributed by atoms with van der Waals surface area (Å²) in [6.45, 7) is 4.08. The smallest absolute Gasteiger partial charge is 0.341 e. The maximum atomic E-state index is 12.1. The first-order chi connectivity index (χ1) is 14.6. The molecule has 0 radical (unpaired) electrons. The third-order valence-electron chi connectivity index (χ3n) is 4.89. The highest BCUT2D eigenvalue weighted by Gasteiger charge is 2.17. The number of nitrogens with zero attached hydrogens (tertiary/aromatic N) is 2. The first-order valence-electron chi connectivity index (χ1n) is 9.62. The minimum atomic E-state index is -0.491. The lowest BCUT2D eigenvalue weighted by Crippen LogP contribution is -2.07. The number of esters is 1. The number of hydrogen-bond donors (Lipinski definition) is 1. The first kappa shape index (κ1) is 19.9. The van der Waals surface area contributed by atoms with E-state index in [2.05, 4.69) is 40.4 Å². The summed E-state index contributed by atoms with van der Waals surface area (Å²) < 4.78 is 5.06. The number of rotatable bonds is 5. The predicted octanol–water partition coefficient (Wildman–Crippen LogP) is 6.18. The number of anilines is 2. The van der Waals surface area contributed by atoms with Crippen LogP contribution in [0.1, 0.15) is 22.8 Å². The number of hydrogen-bond acceptors (Lipinski definition) is 5. The van der Waals surface area contributed by atoms with Crippen LogP contribution in [0.25, 0.3) is 22.0 Å². The second kappa shape index (κ2) is 8.51. The fourth-order valence-corrected chi connectivity index (χ4v) is 3.64. The van der Waals surface area contributed by atoms with Crippen molar-refractivity contribution in [2.45, 2.75) is 13.8 Å². The topological polar surface area (TPSA) is 64.1 Å². The van der Waals surface area contributed by atoms with E-state index in [1.54, 1.807) is 19.2 Å². The fourth-order valence-electron chi connectivity index (χ4n) is 3.36. The highest BCUT2D eigenvalue weighted by Crippen LogP contribution is 2.33. The van der Waals surface area contributed by atoms with Crippen molar-refractivity contribution in [3.8, 4) is 11.1 Å². The number of carbonyl (C=O) groups excluding carboxylic acids is 1. The zero-order valence-corrected chi connectivity index (χ0v) is 17.4. The summed E-state index contributed by atoms with van der Waals surface area (Å²) in [6, 6.07) is 18.0. The lowest BCUT2D eigenvalue weighted by molar-refractivity contribution is 0.0526. The maximum absolute atomic E-state index is 12.1. The standard InChI is InChI=1S/C24H20ClN3O2/c1-3-30-24(29)19-14-27-22-18(21(19)25)12-13-26-23(22)28-20-11-7-10-17(15(20)2)16-8-5-4-6-9-16/h4-14H,3H2,1-2H3,(H,26,28). The molecule has 0 aliphatic heterocycles. The molecule has 0 bridgehead atoms. The van der Waals surface area contributed by atoms with Crippen molar-refractivity contribution >= 4 is 40.0 Å². The van der Waals surface area contributed by atoms with Gasteiger partial charge in [0.15, 0.2) is 5.82 Å². The Hall–Kier alpha value is -3.44. The van der Waals surface area contributed by atoms with Crippen LogP contribution < -0.4 is 5.32 Å². The SMILES string of the molecule is CCOC(=O)c1cnc2c(Nc3cccc(-c4ccccc4)c3C)nccc2c1Cl.